The van der Waals surface area contributed by atoms with E-state index >= 15 is 0 Å². The van der Waals surface area contributed by atoms with Crippen molar-refractivity contribution in [1.82, 2.24) is 0 Å². The van der Waals surface area contributed by atoms with E-state index in [1.54, 1.807) is 0 Å². The maximum Gasteiger partial charge on any atom is 0.307 e. The molecule has 0 aliphatic carbocycles. The highest BCUT2D eigenvalue weighted by Crippen LogP contribution is 2.02. The molecule has 0 atom stereocenters. The minimum Gasteiger partial charge on any atom is -0.462 e. The van der Waals surface area contributed by atoms with Crippen molar-refractivity contribution < 1.29 is 28.6 Å². The molecular weight excluding hydrogens is 336 g/mol. The van der Waals surface area contributed by atoms with Crippen molar-refractivity contribution in [3.63, 3.8) is 0 Å². The number of esters is 3. The summed E-state index contributed by atoms with van der Waals surface area (Å²) in [6.07, 6.45) is -0.403. The first-order chi connectivity index (χ1) is 10.0. The lowest BCUT2D eigenvalue weighted by Gasteiger charge is -2.17. The SMILES string of the molecule is O=C(CCS)OCC(COC(=O)CCS)OC(=O)CCS. The van der Waals surface area contributed by atoms with E-state index in [0.717, 1.165) is 0 Å². The fourth-order valence-electron chi connectivity index (χ4n) is 1.15. The summed E-state index contributed by atoms with van der Waals surface area (Å²) in [5.41, 5.74) is 0. The minimum absolute atomic E-state index is 0.120. The molecule has 9 heteroatoms. The molecule has 0 amide bonds. The molecule has 0 unspecified atom stereocenters. The molecule has 0 spiro atoms. The fraction of sp³-hybridized carbons (Fsp3) is 0.750. The van der Waals surface area contributed by atoms with Gasteiger partial charge in [-0.05, 0) is 0 Å². The lowest BCUT2D eigenvalue weighted by molar-refractivity contribution is -0.166. The Bertz CT molecular complexity index is 315. The van der Waals surface area contributed by atoms with Gasteiger partial charge in [-0.3, -0.25) is 14.4 Å². The molecule has 0 rings (SSSR count). The van der Waals surface area contributed by atoms with Gasteiger partial charge in [-0.1, -0.05) is 0 Å². The number of carbonyl (C=O) groups is 3. The Kier molecular flexibility index (Phi) is 12.8. The number of hydrogen-bond acceptors (Lipinski definition) is 9. The monoisotopic (exact) mass is 356 g/mol. The summed E-state index contributed by atoms with van der Waals surface area (Å²) in [4.78, 5) is 33.9. The summed E-state index contributed by atoms with van der Waals surface area (Å²) in [5, 5.41) is 0. The van der Waals surface area contributed by atoms with Crippen molar-refractivity contribution >= 4 is 55.8 Å². The molecule has 0 bridgehead atoms. The van der Waals surface area contributed by atoms with Gasteiger partial charge in [-0.25, -0.2) is 0 Å². The maximum absolute atomic E-state index is 11.4. The molecule has 0 aromatic carbocycles. The summed E-state index contributed by atoms with van der Waals surface area (Å²) in [6.45, 7) is -0.335. The van der Waals surface area contributed by atoms with E-state index in [1.807, 2.05) is 0 Å². The van der Waals surface area contributed by atoms with Crippen LogP contribution < -0.4 is 0 Å². The van der Waals surface area contributed by atoms with Crippen LogP contribution in [0.2, 0.25) is 0 Å². The standard InChI is InChI=1S/C12H20O6S3/c13-10(1-4-19)16-7-9(18-12(15)3-6-21)8-17-11(14)2-5-20/h9,19-21H,1-8H2. The van der Waals surface area contributed by atoms with Crippen molar-refractivity contribution in [2.24, 2.45) is 0 Å². The van der Waals surface area contributed by atoms with Gasteiger partial charge in [-0.2, -0.15) is 37.9 Å². The second-order valence-electron chi connectivity index (χ2n) is 3.90. The van der Waals surface area contributed by atoms with Crippen molar-refractivity contribution in [3.8, 4) is 0 Å². The average molecular weight is 356 g/mol. The first kappa shape index (κ1) is 20.5. The molecule has 0 aromatic rings. The molecule has 6 nitrogen and oxygen atoms in total. The van der Waals surface area contributed by atoms with Gasteiger partial charge in [0, 0.05) is 17.3 Å². The van der Waals surface area contributed by atoms with Gasteiger partial charge in [-0.15, -0.1) is 0 Å². The Hall–Kier alpha value is -0.540. The molecule has 0 saturated heterocycles. The normalized spacial score (nSPS) is 10.3. The molecule has 0 N–H and O–H groups in total. The molecule has 0 aliphatic heterocycles. The minimum atomic E-state index is -0.829. The van der Waals surface area contributed by atoms with Crippen LogP contribution in [0, 0.1) is 0 Å². The van der Waals surface area contributed by atoms with Gasteiger partial charge in [0.05, 0.1) is 19.3 Å². The van der Waals surface area contributed by atoms with Crippen molar-refractivity contribution in [3.05, 3.63) is 0 Å². The average Bonchev–Trinajstić information content (AvgIpc) is 2.42. The van der Waals surface area contributed by atoms with Gasteiger partial charge in [0.25, 0.3) is 0 Å². The van der Waals surface area contributed by atoms with Crippen LogP contribution in [0.1, 0.15) is 19.3 Å². The number of rotatable bonds is 11. The van der Waals surface area contributed by atoms with Gasteiger partial charge in [0.2, 0.25) is 0 Å². The van der Waals surface area contributed by atoms with Crippen molar-refractivity contribution in [2.75, 3.05) is 30.5 Å². The Morgan fingerprint density at radius 1 is 0.714 bits per heavy atom. The predicted octanol–water partition coefficient (Wildman–Crippen LogP) is 0.944. The Balaban J connectivity index is 4.29. The van der Waals surface area contributed by atoms with E-state index in [0.29, 0.717) is 17.3 Å². The molecule has 0 saturated carbocycles. The van der Waals surface area contributed by atoms with Crippen LogP contribution in [0.5, 0.6) is 0 Å². The second kappa shape index (κ2) is 13.1. The predicted molar refractivity (Wildman–Crippen MR) is 87.2 cm³/mol. The van der Waals surface area contributed by atoms with Crippen LogP contribution >= 0.6 is 37.9 Å². The highest BCUT2D eigenvalue weighted by molar-refractivity contribution is 7.80. The maximum atomic E-state index is 11.4. The van der Waals surface area contributed by atoms with Gasteiger partial charge in [0.1, 0.15) is 13.2 Å². The van der Waals surface area contributed by atoms with Gasteiger partial charge < -0.3 is 14.2 Å². The highest BCUT2D eigenvalue weighted by atomic mass is 32.1. The fourth-order valence-corrected chi connectivity index (χ4v) is 1.70. The third kappa shape index (κ3) is 11.8. The zero-order valence-electron chi connectivity index (χ0n) is 11.5. The third-order valence-corrected chi connectivity index (χ3v) is 2.78. The number of thiol groups is 3. The van der Waals surface area contributed by atoms with E-state index in [4.69, 9.17) is 14.2 Å². The summed E-state index contributed by atoms with van der Waals surface area (Å²) in [7, 11) is 0. The molecule has 21 heavy (non-hydrogen) atoms. The number of ether oxygens (including phenoxy) is 3. The second-order valence-corrected chi connectivity index (χ2v) is 5.24. The summed E-state index contributed by atoms with van der Waals surface area (Å²) >= 11 is 11.7. The van der Waals surface area contributed by atoms with Gasteiger partial charge >= 0.3 is 17.9 Å². The first-order valence-corrected chi connectivity index (χ1v) is 8.26. The van der Waals surface area contributed by atoms with Crippen molar-refractivity contribution in [2.45, 2.75) is 25.4 Å². The number of hydrogen-bond donors (Lipinski definition) is 3. The van der Waals surface area contributed by atoms with Gasteiger partial charge in [0.15, 0.2) is 6.10 Å². The molecule has 0 aromatic heterocycles. The topological polar surface area (TPSA) is 78.9 Å². The van der Waals surface area contributed by atoms with Crippen LogP contribution in [-0.2, 0) is 28.6 Å². The van der Waals surface area contributed by atoms with E-state index < -0.39 is 24.0 Å². The third-order valence-electron chi connectivity index (χ3n) is 2.11. The lowest BCUT2D eigenvalue weighted by Crippen LogP contribution is -2.31. The van der Waals surface area contributed by atoms with Crippen LogP contribution in [0.25, 0.3) is 0 Å². The van der Waals surface area contributed by atoms with Crippen LogP contribution in [0.4, 0.5) is 0 Å². The summed E-state index contributed by atoms with van der Waals surface area (Å²) in [5.74, 6) is -0.348. The smallest absolute Gasteiger partial charge is 0.307 e. The molecule has 122 valence electrons. The largest absolute Gasteiger partial charge is 0.462 e. The highest BCUT2D eigenvalue weighted by Gasteiger charge is 2.18. The molecule has 0 aliphatic rings. The van der Waals surface area contributed by atoms with Crippen LogP contribution in [0.3, 0.4) is 0 Å². The Morgan fingerprint density at radius 2 is 1.10 bits per heavy atom. The molecule has 0 fully saturated rings. The number of carbonyl (C=O) groups excluding carboxylic acids is 3. The molecular formula is C12H20O6S3. The van der Waals surface area contributed by atoms with E-state index in [9.17, 15) is 14.4 Å². The molecule has 0 heterocycles. The summed E-state index contributed by atoms with van der Waals surface area (Å²) < 4.78 is 14.9. The summed E-state index contributed by atoms with van der Waals surface area (Å²) in [6, 6.07) is 0. The zero-order valence-corrected chi connectivity index (χ0v) is 14.2. The van der Waals surface area contributed by atoms with Crippen LogP contribution in [0.15, 0.2) is 0 Å². The lowest BCUT2D eigenvalue weighted by atomic mass is 10.3. The zero-order chi connectivity index (χ0) is 16.1. The van der Waals surface area contributed by atoms with E-state index in [1.165, 1.54) is 0 Å². The first-order valence-electron chi connectivity index (χ1n) is 6.36. The van der Waals surface area contributed by atoms with E-state index in [2.05, 4.69) is 37.9 Å². The Morgan fingerprint density at radius 3 is 1.48 bits per heavy atom. The Labute approximate surface area is 140 Å². The quantitative estimate of drug-likeness (QED) is 0.291. The van der Waals surface area contributed by atoms with E-state index in [-0.39, 0.29) is 32.5 Å². The van der Waals surface area contributed by atoms with Crippen molar-refractivity contribution in [1.29, 1.82) is 0 Å². The van der Waals surface area contributed by atoms with Crippen LogP contribution in [-0.4, -0.2) is 54.5 Å². The molecule has 0 radical (unpaired) electrons.